The molecule has 7 heteroatoms. The fourth-order valence-electron chi connectivity index (χ4n) is 3.15. The zero-order valence-electron chi connectivity index (χ0n) is 12.6. The van der Waals surface area contributed by atoms with Gasteiger partial charge in [0, 0.05) is 39.6 Å². The van der Waals surface area contributed by atoms with E-state index in [1.807, 2.05) is 11.9 Å². The molecule has 3 heterocycles. The molecule has 0 aromatic carbocycles. The molecule has 0 aliphatic carbocycles. The highest BCUT2D eigenvalue weighted by Crippen LogP contribution is 2.31. The number of amides is 2. The molecule has 116 valence electrons. The number of likely N-dealkylation sites (N-methyl/N-ethyl adjacent to an activating group) is 1. The Morgan fingerprint density at radius 3 is 2.81 bits per heavy atom. The fraction of sp³-hybridized carbons (Fsp3) is 0.714. The average molecular weight is 312 g/mol. The molecule has 0 saturated carbocycles. The normalized spacial score (nSPS) is 20.9. The summed E-state index contributed by atoms with van der Waals surface area (Å²) < 4.78 is 0. The summed E-state index contributed by atoms with van der Waals surface area (Å²) in [6, 6.07) is 0.0241. The SMILES string of the molecule is CCCCc1nc(Cl)c(CN2CC3(CNC(=O)N3C)C2)[nH]1. The summed E-state index contributed by atoms with van der Waals surface area (Å²) in [5.74, 6) is 0.974. The molecule has 6 nitrogen and oxygen atoms in total. The number of H-pyrrole nitrogens is 1. The molecule has 2 N–H and O–H groups in total. The average Bonchev–Trinajstić information content (AvgIpc) is 2.91. The van der Waals surface area contributed by atoms with Gasteiger partial charge in [-0.05, 0) is 6.42 Å². The molecular formula is C14H22ClN5O. The van der Waals surface area contributed by atoms with E-state index in [1.54, 1.807) is 0 Å². The summed E-state index contributed by atoms with van der Waals surface area (Å²) in [5, 5.41) is 3.48. The third-order valence-corrected chi connectivity index (χ3v) is 4.86. The van der Waals surface area contributed by atoms with Crippen molar-refractivity contribution in [2.45, 2.75) is 38.3 Å². The summed E-state index contributed by atoms with van der Waals surface area (Å²) in [4.78, 5) is 23.4. The number of imidazole rings is 1. The topological polar surface area (TPSA) is 64.3 Å². The van der Waals surface area contributed by atoms with Gasteiger partial charge in [-0.2, -0.15) is 0 Å². The molecule has 3 rings (SSSR count). The van der Waals surface area contributed by atoms with Gasteiger partial charge in [0.1, 0.15) is 5.82 Å². The number of likely N-dealkylation sites (tertiary alicyclic amines) is 1. The molecule has 2 aliphatic heterocycles. The van der Waals surface area contributed by atoms with E-state index in [0.717, 1.165) is 57.0 Å². The highest BCUT2D eigenvalue weighted by Gasteiger charge is 2.51. The Bertz CT molecular complexity index is 537. The number of hydrogen-bond acceptors (Lipinski definition) is 3. The first-order chi connectivity index (χ1) is 10.0. The Morgan fingerprint density at radius 1 is 1.43 bits per heavy atom. The van der Waals surface area contributed by atoms with Crippen molar-refractivity contribution in [2.24, 2.45) is 0 Å². The molecule has 1 spiro atoms. The summed E-state index contributed by atoms with van der Waals surface area (Å²) >= 11 is 6.21. The highest BCUT2D eigenvalue weighted by atomic mass is 35.5. The van der Waals surface area contributed by atoms with Crippen molar-refractivity contribution in [3.05, 3.63) is 16.7 Å². The van der Waals surface area contributed by atoms with Crippen molar-refractivity contribution in [2.75, 3.05) is 26.7 Å². The number of carbonyl (C=O) groups is 1. The number of hydrogen-bond donors (Lipinski definition) is 2. The van der Waals surface area contributed by atoms with Crippen molar-refractivity contribution >= 4 is 17.6 Å². The minimum absolute atomic E-state index is 0.0241. The number of halogens is 1. The van der Waals surface area contributed by atoms with E-state index in [0.29, 0.717) is 5.15 Å². The van der Waals surface area contributed by atoms with Gasteiger partial charge >= 0.3 is 6.03 Å². The third-order valence-electron chi connectivity index (χ3n) is 4.55. The van der Waals surface area contributed by atoms with Crippen LogP contribution in [0.5, 0.6) is 0 Å². The van der Waals surface area contributed by atoms with Crippen LogP contribution in [-0.2, 0) is 13.0 Å². The van der Waals surface area contributed by atoms with Gasteiger partial charge in [0.2, 0.25) is 0 Å². The first-order valence-corrected chi connectivity index (χ1v) is 7.89. The Morgan fingerprint density at radius 2 is 2.19 bits per heavy atom. The molecule has 0 atom stereocenters. The van der Waals surface area contributed by atoms with Crippen LogP contribution in [-0.4, -0.2) is 58.0 Å². The van der Waals surface area contributed by atoms with Crippen LogP contribution in [0.1, 0.15) is 31.3 Å². The Balaban J connectivity index is 1.57. The van der Waals surface area contributed by atoms with E-state index >= 15 is 0 Å². The molecule has 21 heavy (non-hydrogen) atoms. The molecule has 2 amide bonds. The number of aromatic amines is 1. The van der Waals surface area contributed by atoms with Gasteiger partial charge in [-0.1, -0.05) is 24.9 Å². The maximum absolute atomic E-state index is 11.6. The van der Waals surface area contributed by atoms with E-state index < -0.39 is 0 Å². The summed E-state index contributed by atoms with van der Waals surface area (Å²) in [6.07, 6.45) is 3.21. The highest BCUT2D eigenvalue weighted by molar-refractivity contribution is 6.30. The van der Waals surface area contributed by atoms with Gasteiger partial charge in [-0.3, -0.25) is 4.90 Å². The minimum Gasteiger partial charge on any atom is -0.344 e. The fourth-order valence-corrected chi connectivity index (χ4v) is 3.35. The predicted molar refractivity (Wildman–Crippen MR) is 81.4 cm³/mol. The van der Waals surface area contributed by atoms with Crippen LogP contribution in [0.25, 0.3) is 0 Å². The minimum atomic E-state index is -0.0331. The van der Waals surface area contributed by atoms with Gasteiger partial charge in [-0.15, -0.1) is 0 Å². The largest absolute Gasteiger partial charge is 0.344 e. The third kappa shape index (κ3) is 2.62. The van der Waals surface area contributed by atoms with Gasteiger partial charge in [0.25, 0.3) is 0 Å². The number of unbranched alkanes of at least 4 members (excludes halogenated alkanes) is 1. The lowest BCUT2D eigenvalue weighted by Crippen LogP contribution is -2.68. The molecule has 0 bridgehead atoms. The maximum atomic E-state index is 11.6. The van der Waals surface area contributed by atoms with E-state index in [1.165, 1.54) is 0 Å². The first kappa shape index (κ1) is 14.7. The van der Waals surface area contributed by atoms with E-state index in [4.69, 9.17) is 11.6 Å². The van der Waals surface area contributed by atoms with Crippen LogP contribution in [0, 0.1) is 0 Å². The van der Waals surface area contributed by atoms with Crippen LogP contribution in [0.2, 0.25) is 5.15 Å². The first-order valence-electron chi connectivity index (χ1n) is 7.51. The number of aromatic nitrogens is 2. The smallest absolute Gasteiger partial charge is 0.317 e. The second kappa shape index (κ2) is 5.50. The molecule has 0 unspecified atom stereocenters. The van der Waals surface area contributed by atoms with Crippen molar-refractivity contribution in [1.29, 1.82) is 0 Å². The van der Waals surface area contributed by atoms with Gasteiger partial charge in [0.05, 0.1) is 11.2 Å². The predicted octanol–water partition coefficient (Wildman–Crippen LogP) is 1.62. The molecule has 2 fully saturated rings. The van der Waals surface area contributed by atoms with Gasteiger partial charge in [0.15, 0.2) is 5.15 Å². The molecule has 1 aromatic rings. The standard InChI is InChI=1S/C14H22ClN5O/c1-3-4-5-11-17-10(12(15)18-11)6-20-8-14(9-20)7-16-13(21)19(14)2/h3-9H2,1-2H3,(H,16,21)(H,17,18). The number of aryl methyl sites for hydroxylation is 1. The summed E-state index contributed by atoms with van der Waals surface area (Å²) in [5.41, 5.74) is 0.951. The van der Waals surface area contributed by atoms with Crippen LogP contribution in [0.3, 0.4) is 0 Å². The Kier molecular flexibility index (Phi) is 3.84. The second-order valence-corrected chi connectivity index (χ2v) is 6.50. The molecule has 2 aliphatic rings. The lowest BCUT2D eigenvalue weighted by atomic mass is 9.89. The van der Waals surface area contributed by atoms with E-state index in [-0.39, 0.29) is 11.6 Å². The van der Waals surface area contributed by atoms with Crippen LogP contribution in [0.4, 0.5) is 4.79 Å². The molecule has 0 radical (unpaired) electrons. The van der Waals surface area contributed by atoms with Crippen LogP contribution in [0.15, 0.2) is 0 Å². The van der Waals surface area contributed by atoms with Crippen molar-refractivity contribution in [3.8, 4) is 0 Å². The monoisotopic (exact) mass is 311 g/mol. The van der Waals surface area contributed by atoms with Gasteiger partial charge < -0.3 is 15.2 Å². The van der Waals surface area contributed by atoms with Crippen LogP contribution >= 0.6 is 11.6 Å². The molecule has 1 aromatic heterocycles. The number of nitrogens with zero attached hydrogens (tertiary/aromatic N) is 3. The summed E-state index contributed by atoms with van der Waals surface area (Å²) in [6.45, 7) is 5.42. The second-order valence-electron chi connectivity index (χ2n) is 6.14. The quantitative estimate of drug-likeness (QED) is 0.868. The number of carbonyl (C=O) groups excluding carboxylic acids is 1. The molecule has 2 saturated heterocycles. The Labute approximate surface area is 129 Å². The van der Waals surface area contributed by atoms with E-state index in [9.17, 15) is 4.79 Å². The van der Waals surface area contributed by atoms with Crippen molar-refractivity contribution in [1.82, 2.24) is 25.1 Å². The number of urea groups is 1. The maximum Gasteiger partial charge on any atom is 0.317 e. The number of nitrogens with one attached hydrogen (secondary N) is 2. The van der Waals surface area contributed by atoms with Crippen molar-refractivity contribution in [3.63, 3.8) is 0 Å². The van der Waals surface area contributed by atoms with Crippen molar-refractivity contribution < 1.29 is 4.79 Å². The number of rotatable bonds is 5. The summed E-state index contributed by atoms with van der Waals surface area (Å²) in [7, 11) is 1.87. The molecular weight excluding hydrogens is 290 g/mol. The lowest BCUT2D eigenvalue weighted by molar-refractivity contribution is -0.00173. The lowest BCUT2D eigenvalue weighted by Gasteiger charge is -2.50. The Hall–Kier alpha value is -1.27. The zero-order valence-corrected chi connectivity index (χ0v) is 13.3. The van der Waals surface area contributed by atoms with Gasteiger partial charge in [-0.25, -0.2) is 9.78 Å². The van der Waals surface area contributed by atoms with Crippen LogP contribution < -0.4 is 5.32 Å². The van der Waals surface area contributed by atoms with E-state index in [2.05, 4.69) is 27.1 Å². The zero-order chi connectivity index (χ0) is 15.0.